The Balaban J connectivity index is 1.96. The summed E-state index contributed by atoms with van der Waals surface area (Å²) in [5, 5.41) is 3.09. The van der Waals surface area contributed by atoms with Gasteiger partial charge in [-0.15, -0.1) is 0 Å². The van der Waals surface area contributed by atoms with Crippen molar-refractivity contribution in [2.75, 3.05) is 13.6 Å². The van der Waals surface area contributed by atoms with Crippen LogP contribution in [0, 0.1) is 0 Å². The minimum atomic E-state index is -3.50. The van der Waals surface area contributed by atoms with Gasteiger partial charge in [-0.3, -0.25) is 0 Å². The largest absolute Gasteiger partial charge is 0.468 e. The molecule has 0 unspecified atom stereocenters. The molecule has 1 aromatic heterocycles. The van der Waals surface area contributed by atoms with Crippen LogP contribution in [-0.4, -0.2) is 22.0 Å². The molecule has 0 fully saturated rings. The van der Waals surface area contributed by atoms with Crippen molar-refractivity contribution in [2.24, 2.45) is 0 Å². The van der Waals surface area contributed by atoms with Crippen LogP contribution in [0.2, 0.25) is 0 Å². The van der Waals surface area contributed by atoms with Gasteiger partial charge in [0.05, 0.1) is 17.7 Å². The molecule has 0 amide bonds. The standard InChI is InChI=1S/C15H20N2O3S/c1-16-10-2-4-13-6-8-15(9-7-13)21(18,19)17-12-14-5-3-11-20-14/h3,5-9,11,16-17H,2,4,10,12H2,1H3. The highest BCUT2D eigenvalue weighted by atomic mass is 32.2. The van der Waals surface area contributed by atoms with Crippen LogP contribution in [0.3, 0.4) is 0 Å². The van der Waals surface area contributed by atoms with Gasteiger partial charge in [-0.1, -0.05) is 12.1 Å². The van der Waals surface area contributed by atoms with Gasteiger partial charge in [0.25, 0.3) is 0 Å². The first-order valence-corrected chi connectivity index (χ1v) is 8.36. The molecule has 0 saturated carbocycles. The highest BCUT2D eigenvalue weighted by molar-refractivity contribution is 7.89. The number of aryl methyl sites for hydroxylation is 1. The molecule has 0 aliphatic carbocycles. The number of sulfonamides is 1. The lowest BCUT2D eigenvalue weighted by molar-refractivity contribution is 0.498. The van der Waals surface area contributed by atoms with Gasteiger partial charge in [-0.05, 0) is 56.3 Å². The van der Waals surface area contributed by atoms with Crippen LogP contribution in [0.25, 0.3) is 0 Å². The van der Waals surface area contributed by atoms with Crippen molar-refractivity contribution < 1.29 is 12.8 Å². The van der Waals surface area contributed by atoms with Gasteiger partial charge in [0.2, 0.25) is 10.0 Å². The molecule has 2 rings (SSSR count). The van der Waals surface area contributed by atoms with Crippen LogP contribution in [0.15, 0.2) is 52.0 Å². The highest BCUT2D eigenvalue weighted by Gasteiger charge is 2.14. The molecule has 5 nitrogen and oxygen atoms in total. The summed E-state index contributed by atoms with van der Waals surface area (Å²) in [4.78, 5) is 0.270. The SMILES string of the molecule is CNCCCc1ccc(S(=O)(=O)NCc2ccco2)cc1. The van der Waals surface area contributed by atoms with E-state index in [1.165, 1.54) is 6.26 Å². The molecule has 2 N–H and O–H groups in total. The van der Waals surface area contributed by atoms with E-state index in [0.717, 1.165) is 24.9 Å². The maximum Gasteiger partial charge on any atom is 0.240 e. The Kier molecular flexibility index (Phi) is 5.55. The molecular formula is C15H20N2O3S. The number of hydrogen-bond acceptors (Lipinski definition) is 4. The Morgan fingerprint density at radius 2 is 1.90 bits per heavy atom. The number of hydrogen-bond donors (Lipinski definition) is 2. The molecule has 0 aliphatic heterocycles. The van der Waals surface area contributed by atoms with E-state index in [1.807, 2.05) is 19.2 Å². The average molecular weight is 308 g/mol. The van der Waals surface area contributed by atoms with Crippen molar-refractivity contribution in [1.29, 1.82) is 0 Å². The lowest BCUT2D eigenvalue weighted by atomic mass is 10.1. The second-order valence-corrected chi connectivity index (χ2v) is 6.52. The fraction of sp³-hybridized carbons (Fsp3) is 0.333. The monoisotopic (exact) mass is 308 g/mol. The zero-order valence-corrected chi connectivity index (χ0v) is 12.8. The molecule has 6 heteroatoms. The summed E-state index contributed by atoms with van der Waals surface area (Å²) >= 11 is 0. The minimum Gasteiger partial charge on any atom is -0.468 e. The van der Waals surface area contributed by atoms with Gasteiger partial charge < -0.3 is 9.73 Å². The number of benzene rings is 1. The van der Waals surface area contributed by atoms with Crippen molar-refractivity contribution in [1.82, 2.24) is 10.0 Å². The molecule has 2 aromatic rings. The van der Waals surface area contributed by atoms with Crippen LogP contribution in [0.5, 0.6) is 0 Å². The Morgan fingerprint density at radius 3 is 2.52 bits per heavy atom. The first kappa shape index (κ1) is 15.8. The third-order valence-electron chi connectivity index (χ3n) is 3.14. The molecule has 0 spiro atoms. The second-order valence-electron chi connectivity index (χ2n) is 4.75. The Hall–Kier alpha value is -1.63. The lowest BCUT2D eigenvalue weighted by Gasteiger charge is -2.07. The van der Waals surface area contributed by atoms with Crippen LogP contribution in [-0.2, 0) is 23.0 Å². The predicted octanol–water partition coefficient (Wildman–Crippen LogP) is 1.91. The predicted molar refractivity (Wildman–Crippen MR) is 81.4 cm³/mol. The van der Waals surface area contributed by atoms with Gasteiger partial charge in [0.15, 0.2) is 0 Å². The Morgan fingerprint density at radius 1 is 1.14 bits per heavy atom. The average Bonchev–Trinajstić information content (AvgIpc) is 3.00. The van der Waals surface area contributed by atoms with E-state index in [0.29, 0.717) is 5.76 Å². The normalized spacial score (nSPS) is 11.7. The van der Waals surface area contributed by atoms with Crippen molar-refractivity contribution in [3.05, 3.63) is 54.0 Å². The third kappa shape index (κ3) is 4.70. The van der Waals surface area contributed by atoms with Crippen LogP contribution in [0.4, 0.5) is 0 Å². The van der Waals surface area contributed by atoms with Crippen LogP contribution >= 0.6 is 0 Å². The molecule has 1 heterocycles. The first-order valence-electron chi connectivity index (χ1n) is 6.87. The molecule has 0 aliphatic rings. The maximum absolute atomic E-state index is 12.1. The summed E-state index contributed by atoms with van der Waals surface area (Å²) in [7, 11) is -1.58. The lowest BCUT2D eigenvalue weighted by Crippen LogP contribution is -2.23. The number of nitrogens with one attached hydrogen (secondary N) is 2. The van der Waals surface area contributed by atoms with Crippen molar-refractivity contribution >= 4 is 10.0 Å². The number of furan rings is 1. The third-order valence-corrected chi connectivity index (χ3v) is 4.56. The first-order chi connectivity index (χ1) is 10.1. The molecule has 0 saturated heterocycles. The topological polar surface area (TPSA) is 71.3 Å². The van der Waals surface area contributed by atoms with Gasteiger partial charge in [0, 0.05) is 0 Å². The summed E-state index contributed by atoms with van der Waals surface area (Å²) in [5.74, 6) is 0.585. The number of rotatable bonds is 8. The van der Waals surface area contributed by atoms with Crippen LogP contribution < -0.4 is 10.0 Å². The summed E-state index contributed by atoms with van der Waals surface area (Å²) < 4.78 is 31.9. The molecule has 21 heavy (non-hydrogen) atoms. The summed E-state index contributed by atoms with van der Waals surface area (Å²) in [6, 6.07) is 10.4. The fourth-order valence-corrected chi connectivity index (χ4v) is 2.96. The van der Waals surface area contributed by atoms with E-state index in [4.69, 9.17) is 4.42 Å². The van der Waals surface area contributed by atoms with Crippen molar-refractivity contribution in [3.8, 4) is 0 Å². The minimum absolute atomic E-state index is 0.152. The zero-order chi connectivity index (χ0) is 15.1. The summed E-state index contributed by atoms with van der Waals surface area (Å²) in [6.45, 7) is 1.10. The van der Waals surface area contributed by atoms with E-state index in [1.54, 1.807) is 24.3 Å². The van der Waals surface area contributed by atoms with E-state index in [9.17, 15) is 8.42 Å². The van der Waals surface area contributed by atoms with E-state index < -0.39 is 10.0 Å². The van der Waals surface area contributed by atoms with E-state index >= 15 is 0 Å². The van der Waals surface area contributed by atoms with Gasteiger partial charge in [-0.2, -0.15) is 0 Å². The smallest absolute Gasteiger partial charge is 0.240 e. The zero-order valence-electron chi connectivity index (χ0n) is 12.0. The van der Waals surface area contributed by atoms with Crippen molar-refractivity contribution in [2.45, 2.75) is 24.3 Å². The molecule has 0 atom stereocenters. The van der Waals surface area contributed by atoms with Crippen molar-refractivity contribution in [3.63, 3.8) is 0 Å². The molecular weight excluding hydrogens is 288 g/mol. The van der Waals surface area contributed by atoms with Gasteiger partial charge in [0.1, 0.15) is 5.76 Å². The fourth-order valence-electron chi connectivity index (χ4n) is 1.97. The Bertz CT molecular complexity index is 634. The molecule has 0 bridgehead atoms. The van der Waals surface area contributed by atoms with E-state index in [-0.39, 0.29) is 11.4 Å². The highest BCUT2D eigenvalue weighted by Crippen LogP contribution is 2.12. The summed E-state index contributed by atoms with van der Waals surface area (Å²) in [5.41, 5.74) is 1.13. The molecule has 1 aromatic carbocycles. The molecule has 0 radical (unpaired) electrons. The van der Waals surface area contributed by atoms with E-state index in [2.05, 4.69) is 10.0 Å². The van der Waals surface area contributed by atoms with Gasteiger partial charge >= 0.3 is 0 Å². The van der Waals surface area contributed by atoms with Crippen LogP contribution in [0.1, 0.15) is 17.7 Å². The quantitative estimate of drug-likeness (QED) is 0.731. The Labute approximate surface area is 125 Å². The molecule has 114 valence electrons. The second kappa shape index (κ2) is 7.40. The summed E-state index contributed by atoms with van der Waals surface area (Å²) in [6.07, 6.45) is 3.48. The van der Waals surface area contributed by atoms with Gasteiger partial charge in [-0.25, -0.2) is 13.1 Å². The maximum atomic E-state index is 12.1.